The van der Waals surface area contributed by atoms with Crippen LogP contribution in [0.3, 0.4) is 0 Å². The SMILES string of the molecule is COc1cc(F)ccc1NS(=O)(=O)c1c(N)cccc1F. The van der Waals surface area contributed by atoms with E-state index in [1.165, 1.54) is 25.3 Å². The number of ether oxygens (including phenoxy) is 1. The van der Waals surface area contributed by atoms with Gasteiger partial charge in [-0.2, -0.15) is 0 Å². The van der Waals surface area contributed by atoms with E-state index in [9.17, 15) is 17.2 Å². The Balaban J connectivity index is 2.48. The molecule has 0 saturated heterocycles. The van der Waals surface area contributed by atoms with Crippen molar-refractivity contribution in [1.82, 2.24) is 0 Å². The fourth-order valence-electron chi connectivity index (χ4n) is 1.75. The Morgan fingerprint density at radius 3 is 2.52 bits per heavy atom. The number of nitrogens with one attached hydrogen (secondary N) is 1. The van der Waals surface area contributed by atoms with Gasteiger partial charge in [0, 0.05) is 6.07 Å². The number of hydrogen-bond acceptors (Lipinski definition) is 4. The first-order chi connectivity index (χ1) is 9.85. The first-order valence-corrected chi connectivity index (χ1v) is 7.24. The van der Waals surface area contributed by atoms with Gasteiger partial charge in [0.25, 0.3) is 10.0 Å². The summed E-state index contributed by atoms with van der Waals surface area (Å²) in [5.74, 6) is -1.61. The molecular formula is C13H12F2N2O3S. The lowest BCUT2D eigenvalue weighted by atomic mass is 10.3. The quantitative estimate of drug-likeness (QED) is 0.849. The van der Waals surface area contributed by atoms with Gasteiger partial charge in [-0.3, -0.25) is 4.72 Å². The molecule has 0 unspecified atom stereocenters. The predicted molar refractivity (Wildman–Crippen MR) is 74.6 cm³/mol. The summed E-state index contributed by atoms with van der Waals surface area (Å²) < 4.78 is 58.2. The van der Waals surface area contributed by atoms with E-state index in [0.29, 0.717) is 0 Å². The van der Waals surface area contributed by atoms with E-state index in [2.05, 4.69) is 4.72 Å². The van der Waals surface area contributed by atoms with E-state index in [0.717, 1.165) is 18.2 Å². The average Bonchev–Trinajstić information content (AvgIpc) is 2.40. The van der Waals surface area contributed by atoms with E-state index in [4.69, 9.17) is 10.5 Å². The van der Waals surface area contributed by atoms with Crippen molar-refractivity contribution in [2.24, 2.45) is 0 Å². The molecule has 21 heavy (non-hydrogen) atoms. The molecule has 0 aromatic heterocycles. The molecule has 3 N–H and O–H groups in total. The molecule has 2 rings (SSSR count). The lowest BCUT2D eigenvalue weighted by Gasteiger charge is -2.13. The number of nitrogen functional groups attached to an aromatic ring is 1. The minimum absolute atomic E-state index is 0.0263. The summed E-state index contributed by atoms with van der Waals surface area (Å²) in [7, 11) is -3.02. The average molecular weight is 314 g/mol. The van der Waals surface area contributed by atoms with Gasteiger partial charge < -0.3 is 10.5 Å². The van der Waals surface area contributed by atoms with Crippen LogP contribution in [-0.2, 0) is 10.0 Å². The van der Waals surface area contributed by atoms with E-state index in [-0.39, 0.29) is 17.1 Å². The van der Waals surface area contributed by atoms with Crippen molar-refractivity contribution in [3.63, 3.8) is 0 Å². The maximum Gasteiger partial charge on any atom is 0.267 e. The maximum atomic E-state index is 13.7. The Morgan fingerprint density at radius 2 is 1.90 bits per heavy atom. The molecule has 2 aromatic carbocycles. The minimum Gasteiger partial charge on any atom is -0.494 e. The highest BCUT2D eigenvalue weighted by Gasteiger charge is 2.23. The van der Waals surface area contributed by atoms with Crippen LogP contribution in [-0.4, -0.2) is 15.5 Å². The third-order valence-electron chi connectivity index (χ3n) is 2.67. The van der Waals surface area contributed by atoms with Crippen molar-refractivity contribution in [2.45, 2.75) is 4.90 Å². The molecule has 0 amide bonds. The molecular weight excluding hydrogens is 302 g/mol. The van der Waals surface area contributed by atoms with E-state index < -0.39 is 26.6 Å². The first kappa shape index (κ1) is 15.0. The molecule has 0 radical (unpaired) electrons. The molecule has 5 nitrogen and oxygen atoms in total. The van der Waals surface area contributed by atoms with Gasteiger partial charge in [0.1, 0.15) is 22.3 Å². The summed E-state index contributed by atoms with van der Waals surface area (Å²) in [6.45, 7) is 0. The molecule has 0 bridgehead atoms. The smallest absolute Gasteiger partial charge is 0.267 e. The summed E-state index contributed by atoms with van der Waals surface area (Å²) >= 11 is 0. The number of anilines is 2. The Morgan fingerprint density at radius 1 is 1.19 bits per heavy atom. The number of benzene rings is 2. The van der Waals surface area contributed by atoms with Crippen molar-refractivity contribution in [3.8, 4) is 5.75 Å². The summed E-state index contributed by atoms with van der Waals surface area (Å²) in [6, 6.07) is 6.75. The van der Waals surface area contributed by atoms with Crippen LogP contribution in [0, 0.1) is 11.6 Å². The molecule has 0 heterocycles. The summed E-state index contributed by atoms with van der Waals surface area (Å²) in [5, 5.41) is 0. The highest BCUT2D eigenvalue weighted by atomic mass is 32.2. The van der Waals surface area contributed by atoms with Crippen LogP contribution >= 0.6 is 0 Å². The lowest BCUT2D eigenvalue weighted by molar-refractivity contribution is 0.413. The largest absolute Gasteiger partial charge is 0.494 e. The van der Waals surface area contributed by atoms with E-state index >= 15 is 0 Å². The minimum atomic E-state index is -4.27. The van der Waals surface area contributed by atoms with E-state index in [1.54, 1.807) is 0 Å². The van der Waals surface area contributed by atoms with Crippen molar-refractivity contribution < 1.29 is 21.9 Å². The van der Waals surface area contributed by atoms with Gasteiger partial charge in [0.05, 0.1) is 18.5 Å². The van der Waals surface area contributed by atoms with Crippen LogP contribution in [0.5, 0.6) is 5.75 Å². The Kier molecular flexibility index (Phi) is 3.99. The van der Waals surface area contributed by atoms with Crippen LogP contribution in [0.4, 0.5) is 20.2 Å². The van der Waals surface area contributed by atoms with Gasteiger partial charge in [0.2, 0.25) is 0 Å². The fourth-order valence-corrected chi connectivity index (χ4v) is 3.02. The number of hydrogen-bond donors (Lipinski definition) is 2. The molecule has 0 atom stereocenters. The first-order valence-electron chi connectivity index (χ1n) is 5.75. The van der Waals surface area contributed by atoms with Crippen LogP contribution in [0.1, 0.15) is 0 Å². The van der Waals surface area contributed by atoms with Crippen LogP contribution in [0.15, 0.2) is 41.3 Å². The molecule has 0 aliphatic carbocycles. The molecule has 0 spiro atoms. The molecule has 2 aromatic rings. The zero-order valence-electron chi connectivity index (χ0n) is 10.9. The van der Waals surface area contributed by atoms with Gasteiger partial charge in [-0.25, -0.2) is 17.2 Å². The van der Waals surface area contributed by atoms with Gasteiger partial charge >= 0.3 is 0 Å². The standard InChI is InChI=1S/C13H12F2N2O3S/c1-20-12-7-8(14)5-6-11(12)17-21(18,19)13-9(15)3-2-4-10(13)16/h2-7,17H,16H2,1H3. The summed E-state index contributed by atoms with van der Waals surface area (Å²) in [5.41, 5.74) is 5.25. The van der Waals surface area contributed by atoms with Crippen molar-refractivity contribution in [2.75, 3.05) is 17.6 Å². The lowest BCUT2D eigenvalue weighted by Crippen LogP contribution is -2.17. The zero-order chi connectivity index (χ0) is 15.6. The second-order valence-corrected chi connectivity index (χ2v) is 5.73. The fraction of sp³-hybridized carbons (Fsp3) is 0.0769. The molecule has 0 aliphatic rings. The Hall–Kier alpha value is -2.35. The van der Waals surface area contributed by atoms with Crippen molar-refractivity contribution in [1.29, 1.82) is 0 Å². The molecule has 0 aliphatic heterocycles. The van der Waals surface area contributed by atoms with Gasteiger partial charge in [-0.1, -0.05) is 6.07 Å². The Bertz CT molecular complexity index is 759. The normalized spacial score (nSPS) is 11.2. The van der Waals surface area contributed by atoms with Gasteiger partial charge in [-0.05, 0) is 24.3 Å². The zero-order valence-corrected chi connectivity index (χ0v) is 11.7. The number of rotatable bonds is 4. The highest BCUT2D eigenvalue weighted by Crippen LogP contribution is 2.29. The summed E-state index contributed by atoms with van der Waals surface area (Å²) in [6.07, 6.45) is 0. The third-order valence-corrected chi connectivity index (χ3v) is 4.13. The third kappa shape index (κ3) is 3.05. The molecule has 8 heteroatoms. The maximum absolute atomic E-state index is 13.7. The predicted octanol–water partition coefficient (Wildman–Crippen LogP) is 2.36. The van der Waals surface area contributed by atoms with Crippen molar-refractivity contribution in [3.05, 3.63) is 48.0 Å². The van der Waals surface area contributed by atoms with E-state index in [1.807, 2.05) is 0 Å². The highest BCUT2D eigenvalue weighted by molar-refractivity contribution is 7.92. The van der Waals surface area contributed by atoms with Crippen LogP contribution in [0.2, 0.25) is 0 Å². The second kappa shape index (κ2) is 5.57. The number of halogens is 2. The van der Waals surface area contributed by atoms with Gasteiger partial charge in [-0.15, -0.1) is 0 Å². The number of sulfonamides is 1. The number of methoxy groups -OCH3 is 1. The molecule has 0 saturated carbocycles. The van der Waals surface area contributed by atoms with Crippen LogP contribution < -0.4 is 15.2 Å². The monoisotopic (exact) mass is 314 g/mol. The Labute approximate surface area is 120 Å². The molecule has 0 fully saturated rings. The second-order valence-electron chi connectivity index (χ2n) is 4.11. The number of nitrogens with two attached hydrogens (primary N) is 1. The van der Waals surface area contributed by atoms with Crippen molar-refractivity contribution >= 4 is 21.4 Å². The molecule has 112 valence electrons. The topological polar surface area (TPSA) is 81.4 Å². The summed E-state index contributed by atoms with van der Waals surface area (Å²) in [4.78, 5) is -0.670. The van der Waals surface area contributed by atoms with Gasteiger partial charge in [0.15, 0.2) is 0 Å². The van der Waals surface area contributed by atoms with Crippen LogP contribution in [0.25, 0.3) is 0 Å².